The Balaban J connectivity index is 1.76. The zero-order valence-electron chi connectivity index (χ0n) is 9.77. The van der Waals surface area contributed by atoms with Crippen molar-refractivity contribution in [3.63, 3.8) is 0 Å². The lowest BCUT2D eigenvalue weighted by Gasteiger charge is -2.23. The van der Waals surface area contributed by atoms with Gasteiger partial charge in [0.2, 0.25) is 5.91 Å². The van der Waals surface area contributed by atoms with Gasteiger partial charge in [-0.3, -0.25) is 9.89 Å². The van der Waals surface area contributed by atoms with Crippen LogP contribution in [-0.2, 0) is 9.53 Å². The molecule has 3 N–H and O–H groups in total. The SMILES string of the molecule is CC(NC(=O)CC1COCCN1)c1ncn[nH]1. The van der Waals surface area contributed by atoms with Crippen LogP contribution in [0.5, 0.6) is 0 Å². The minimum Gasteiger partial charge on any atom is -0.378 e. The zero-order valence-corrected chi connectivity index (χ0v) is 9.77. The van der Waals surface area contributed by atoms with Crippen LogP contribution in [0.2, 0.25) is 0 Å². The highest BCUT2D eigenvalue weighted by molar-refractivity contribution is 5.76. The van der Waals surface area contributed by atoms with Gasteiger partial charge in [-0.25, -0.2) is 4.98 Å². The van der Waals surface area contributed by atoms with Gasteiger partial charge in [-0.1, -0.05) is 0 Å². The smallest absolute Gasteiger partial charge is 0.222 e. The van der Waals surface area contributed by atoms with Crippen molar-refractivity contribution in [3.8, 4) is 0 Å². The first-order valence-electron chi connectivity index (χ1n) is 5.71. The van der Waals surface area contributed by atoms with Crippen LogP contribution >= 0.6 is 0 Å². The number of H-pyrrole nitrogens is 1. The number of amides is 1. The van der Waals surface area contributed by atoms with E-state index in [1.165, 1.54) is 6.33 Å². The van der Waals surface area contributed by atoms with Gasteiger partial charge in [0, 0.05) is 19.0 Å². The molecule has 2 heterocycles. The highest BCUT2D eigenvalue weighted by Gasteiger charge is 2.18. The fourth-order valence-electron chi connectivity index (χ4n) is 1.77. The normalized spacial score (nSPS) is 22.1. The van der Waals surface area contributed by atoms with Crippen molar-refractivity contribution in [1.82, 2.24) is 25.8 Å². The summed E-state index contributed by atoms with van der Waals surface area (Å²) in [5, 5.41) is 12.6. The van der Waals surface area contributed by atoms with Crippen LogP contribution in [0, 0.1) is 0 Å². The summed E-state index contributed by atoms with van der Waals surface area (Å²) >= 11 is 0. The average molecular weight is 239 g/mol. The average Bonchev–Trinajstić information content (AvgIpc) is 2.83. The molecule has 1 fully saturated rings. The quantitative estimate of drug-likeness (QED) is 0.650. The highest BCUT2D eigenvalue weighted by atomic mass is 16.5. The first-order chi connectivity index (χ1) is 8.25. The first-order valence-corrected chi connectivity index (χ1v) is 5.71. The number of aromatic amines is 1. The summed E-state index contributed by atoms with van der Waals surface area (Å²) in [6.45, 7) is 3.97. The van der Waals surface area contributed by atoms with Crippen LogP contribution in [0.15, 0.2) is 6.33 Å². The predicted molar refractivity (Wildman–Crippen MR) is 60.2 cm³/mol. The van der Waals surface area contributed by atoms with Crippen molar-refractivity contribution < 1.29 is 9.53 Å². The summed E-state index contributed by atoms with van der Waals surface area (Å²) in [4.78, 5) is 15.7. The van der Waals surface area contributed by atoms with Crippen molar-refractivity contribution in [1.29, 1.82) is 0 Å². The van der Waals surface area contributed by atoms with Crippen molar-refractivity contribution >= 4 is 5.91 Å². The van der Waals surface area contributed by atoms with E-state index in [1.54, 1.807) is 0 Å². The number of rotatable bonds is 4. The standard InChI is InChI=1S/C10H17N5O2/c1-7(10-12-6-13-15-10)14-9(16)4-8-5-17-3-2-11-8/h6-8,11H,2-5H2,1H3,(H,14,16)(H,12,13,15). The molecule has 1 aromatic heterocycles. The summed E-state index contributed by atoms with van der Waals surface area (Å²) in [6.07, 6.45) is 1.84. The number of morpholine rings is 1. The Morgan fingerprint density at radius 3 is 3.29 bits per heavy atom. The van der Waals surface area contributed by atoms with Gasteiger partial charge in [0.25, 0.3) is 0 Å². The molecule has 0 aromatic carbocycles. The second-order valence-electron chi connectivity index (χ2n) is 4.09. The lowest BCUT2D eigenvalue weighted by atomic mass is 10.2. The summed E-state index contributed by atoms with van der Waals surface area (Å²) < 4.78 is 5.29. The van der Waals surface area contributed by atoms with E-state index in [0.29, 0.717) is 25.5 Å². The second kappa shape index (κ2) is 5.74. The maximum Gasteiger partial charge on any atom is 0.222 e. The fourth-order valence-corrected chi connectivity index (χ4v) is 1.77. The van der Waals surface area contributed by atoms with E-state index >= 15 is 0 Å². The van der Waals surface area contributed by atoms with Gasteiger partial charge >= 0.3 is 0 Å². The summed E-state index contributed by atoms with van der Waals surface area (Å²) in [6, 6.07) is -0.0554. The van der Waals surface area contributed by atoms with Crippen LogP contribution in [0.1, 0.15) is 25.2 Å². The molecule has 0 radical (unpaired) electrons. The minimum atomic E-state index is -0.158. The Kier molecular flexibility index (Phi) is 4.05. The van der Waals surface area contributed by atoms with Gasteiger partial charge in [-0.2, -0.15) is 5.10 Å². The number of nitrogens with one attached hydrogen (secondary N) is 3. The molecule has 7 nitrogen and oxygen atoms in total. The monoisotopic (exact) mass is 239 g/mol. The number of nitrogens with zero attached hydrogens (tertiary/aromatic N) is 2. The molecular formula is C10H17N5O2. The number of aromatic nitrogens is 3. The van der Waals surface area contributed by atoms with E-state index in [1.807, 2.05) is 6.92 Å². The zero-order chi connectivity index (χ0) is 12.1. The van der Waals surface area contributed by atoms with E-state index < -0.39 is 0 Å². The molecule has 1 aliphatic heterocycles. The van der Waals surface area contributed by atoms with Crippen LogP contribution in [0.25, 0.3) is 0 Å². The predicted octanol–water partition coefficient (Wildman–Crippen LogP) is -0.640. The maximum atomic E-state index is 11.7. The van der Waals surface area contributed by atoms with E-state index in [9.17, 15) is 4.79 Å². The van der Waals surface area contributed by atoms with Gasteiger partial charge < -0.3 is 15.4 Å². The third-order valence-corrected chi connectivity index (χ3v) is 2.65. The molecule has 1 aliphatic rings. The van der Waals surface area contributed by atoms with Gasteiger partial charge in [0.05, 0.1) is 19.3 Å². The number of hydrogen-bond acceptors (Lipinski definition) is 5. The van der Waals surface area contributed by atoms with E-state index in [2.05, 4.69) is 25.8 Å². The minimum absolute atomic E-state index is 0.0168. The van der Waals surface area contributed by atoms with Crippen LogP contribution < -0.4 is 10.6 Å². The van der Waals surface area contributed by atoms with E-state index in [0.717, 1.165) is 6.54 Å². The lowest BCUT2D eigenvalue weighted by molar-refractivity contribution is -0.123. The molecule has 0 bridgehead atoms. The third kappa shape index (κ3) is 3.50. The van der Waals surface area contributed by atoms with Gasteiger partial charge in [-0.05, 0) is 6.92 Å². The molecule has 94 valence electrons. The molecule has 0 saturated carbocycles. The Hall–Kier alpha value is -1.47. The maximum absolute atomic E-state index is 11.7. The fraction of sp³-hybridized carbons (Fsp3) is 0.700. The molecule has 0 aliphatic carbocycles. The lowest BCUT2D eigenvalue weighted by Crippen LogP contribution is -2.44. The van der Waals surface area contributed by atoms with Gasteiger partial charge in [-0.15, -0.1) is 0 Å². The molecule has 2 unspecified atom stereocenters. The molecule has 1 amide bonds. The molecule has 2 atom stereocenters. The van der Waals surface area contributed by atoms with Crippen LogP contribution in [0.3, 0.4) is 0 Å². The third-order valence-electron chi connectivity index (χ3n) is 2.65. The Labute approximate surface area is 99.3 Å². The molecule has 7 heteroatoms. The van der Waals surface area contributed by atoms with Crippen molar-refractivity contribution in [2.24, 2.45) is 0 Å². The number of carbonyl (C=O) groups excluding carboxylic acids is 1. The van der Waals surface area contributed by atoms with Crippen molar-refractivity contribution in [3.05, 3.63) is 12.2 Å². The molecule has 17 heavy (non-hydrogen) atoms. The molecule has 0 spiro atoms. The van der Waals surface area contributed by atoms with E-state index in [-0.39, 0.29) is 18.0 Å². The van der Waals surface area contributed by atoms with E-state index in [4.69, 9.17) is 4.74 Å². The molecule has 2 rings (SSSR count). The Morgan fingerprint density at radius 2 is 2.65 bits per heavy atom. The Bertz CT molecular complexity index is 348. The Morgan fingerprint density at radius 1 is 1.76 bits per heavy atom. The topological polar surface area (TPSA) is 91.9 Å². The molecule has 1 aromatic rings. The van der Waals surface area contributed by atoms with Crippen molar-refractivity contribution in [2.75, 3.05) is 19.8 Å². The number of ether oxygens (including phenoxy) is 1. The van der Waals surface area contributed by atoms with Gasteiger partial charge in [0.1, 0.15) is 12.2 Å². The molecule has 1 saturated heterocycles. The summed E-state index contributed by atoms with van der Waals surface area (Å²) in [5.74, 6) is 0.642. The molecular weight excluding hydrogens is 222 g/mol. The van der Waals surface area contributed by atoms with Crippen LogP contribution in [-0.4, -0.2) is 46.9 Å². The summed E-state index contributed by atoms with van der Waals surface area (Å²) in [5.41, 5.74) is 0. The first kappa shape index (κ1) is 12.0. The van der Waals surface area contributed by atoms with Gasteiger partial charge in [0.15, 0.2) is 0 Å². The number of hydrogen-bond donors (Lipinski definition) is 3. The number of carbonyl (C=O) groups is 1. The summed E-state index contributed by atoms with van der Waals surface area (Å²) in [7, 11) is 0. The second-order valence-corrected chi connectivity index (χ2v) is 4.09. The largest absolute Gasteiger partial charge is 0.378 e. The van der Waals surface area contributed by atoms with Crippen LogP contribution in [0.4, 0.5) is 0 Å². The highest BCUT2D eigenvalue weighted by Crippen LogP contribution is 2.05. The van der Waals surface area contributed by atoms with Crippen molar-refractivity contribution in [2.45, 2.75) is 25.4 Å².